The molecule has 0 radical (unpaired) electrons. The first kappa shape index (κ1) is 18.9. The molecule has 0 bridgehead atoms. The zero-order valence-corrected chi connectivity index (χ0v) is 16.2. The Labute approximate surface area is 167 Å². The maximum absolute atomic E-state index is 12.9. The summed E-state index contributed by atoms with van der Waals surface area (Å²) in [6.45, 7) is 1.77. The topological polar surface area (TPSA) is 90.5 Å². The van der Waals surface area contributed by atoms with Gasteiger partial charge in [0.15, 0.2) is 5.76 Å². The molecule has 29 heavy (non-hydrogen) atoms. The fraction of sp³-hybridized carbons (Fsp3) is 0.333. The largest absolute Gasteiger partial charge is 0.490 e. The van der Waals surface area contributed by atoms with E-state index in [0.717, 1.165) is 24.4 Å². The third-order valence-electron chi connectivity index (χ3n) is 5.11. The number of hydrogen-bond donors (Lipinski definition) is 0. The highest BCUT2D eigenvalue weighted by atomic mass is 16.5. The SMILES string of the molecule is COc1coc(C(=O)N2CCC[C@H](c3nccn3Cc3ccccn3)C2)cc1=O. The average molecular weight is 394 g/mol. The lowest BCUT2D eigenvalue weighted by Crippen LogP contribution is -2.40. The van der Waals surface area contributed by atoms with Crippen molar-refractivity contribution in [3.05, 3.63) is 76.6 Å². The molecule has 0 saturated carbocycles. The summed E-state index contributed by atoms with van der Waals surface area (Å²) < 4.78 is 12.3. The van der Waals surface area contributed by atoms with Crippen LogP contribution in [0.1, 0.15) is 40.8 Å². The van der Waals surface area contributed by atoms with Gasteiger partial charge in [0.2, 0.25) is 11.2 Å². The quantitative estimate of drug-likeness (QED) is 0.660. The van der Waals surface area contributed by atoms with Crippen LogP contribution in [-0.4, -0.2) is 45.5 Å². The predicted octanol–water partition coefficient (Wildman–Crippen LogP) is 2.31. The minimum absolute atomic E-state index is 0.0216. The highest BCUT2D eigenvalue weighted by Crippen LogP contribution is 2.27. The number of rotatable bonds is 5. The number of aromatic nitrogens is 3. The van der Waals surface area contributed by atoms with Gasteiger partial charge in [0.1, 0.15) is 12.1 Å². The minimum atomic E-state index is -0.374. The standard InChI is InChI=1S/C21H22N4O4/c1-28-19-14-29-18(11-17(19)26)21(27)25-9-4-5-15(12-25)20-23-8-10-24(20)13-16-6-2-3-7-22-16/h2-3,6-8,10-11,14-15H,4-5,9,12-13H2,1H3/t15-/m0/s1. The zero-order valence-electron chi connectivity index (χ0n) is 16.2. The average Bonchev–Trinajstić information content (AvgIpc) is 3.22. The molecule has 1 fully saturated rings. The van der Waals surface area contributed by atoms with E-state index in [9.17, 15) is 9.59 Å². The smallest absolute Gasteiger partial charge is 0.289 e. The summed E-state index contributed by atoms with van der Waals surface area (Å²) in [5, 5.41) is 0. The predicted molar refractivity (Wildman–Crippen MR) is 105 cm³/mol. The highest BCUT2D eigenvalue weighted by molar-refractivity contribution is 5.91. The van der Waals surface area contributed by atoms with Crippen LogP contribution < -0.4 is 10.2 Å². The first-order valence-electron chi connectivity index (χ1n) is 9.52. The van der Waals surface area contributed by atoms with Crippen LogP contribution in [-0.2, 0) is 6.54 Å². The van der Waals surface area contributed by atoms with Gasteiger partial charge in [-0.05, 0) is 25.0 Å². The normalized spacial score (nSPS) is 16.6. The number of carbonyl (C=O) groups is 1. The van der Waals surface area contributed by atoms with Crippen molar-refractivity contribution in [2.24, 2.45) is 0 Å². The number of carbonyl (C=O) groups excluding carboxylic acids is 1. The van der Waals surface area contributed by atoms with E-state index in [4.69, 9.17) is 9.15 Å². The molecule has 0 N–H and O–H groups in total. The molecule has 150 valence electrons. The summed E-state index contributed by atoms with van der Waals surface area (Å²) in [5.74, 6) is 0.848. The Bertz CT molecular complexity index is 1040. The van der Waals surface area contributed by atoms with Crippen LogP contribution in [0.3, 0.4) is 0 Å². The Hall–Kier alpha value is -3.42. The van der Waals surface area contributed by atoms with Crippen molar-refractivity contribution in [3.8, 4) is 5.75 Å². The van der Waals surface area contributed by atoms with Crippen LogP contribution in [0, 0.1) is 0 Å². The third kappa shape index (κ3) is 4.06. The molecule has 1 aliphatic rings. The third-order valence-corrected chi connectivity index (χ3v) is 5.11. The minimum Gasteiger partial charge on any atom is -0.490 e. The maximum atomic E-state index is 12.9. The monoisotopic (exact) mass is 394 g/mol. The number of piperidine rings is 1. The molecule has 4 rings (SSSR count). The number of imidazole rings is 1. The van der Waals surface area contributed by atoms with Gasteiger partial charge < -0.3 is 18.6 Å². The molecule has 3 aromatic rings. The Balaban J connectivity index is 1.50. The van der Waals surface area contributed by atoms with E-state index in [1.54, 1.807) is 17.3 Å². The number of methoxy groups -OCH3 is 1. The van der Waals surface area contributed by atoms with Crippen LogP contribution >= 0.6 is 0 Å². The maximum Gasteiger partial charge on any atom is 0.289 e. The Morgan fingerprint density at radius 3 is 2.97 bits per heavy atom. The van der Waals surface area contributed by atoms with E-state index in [-0.39, 0.29) is 28.8 Å². The molecular weight excluding hydrogens is 372 g/mol. The molecule has 4 heterocycles. The molecule has 0 unspecified atom stereocenters. The molecule has 8 nitrogen and oxygen atoms in total. The number of amides is 1. The van der Waals surface area contributed by atoms with Crippen LogP contribution in [0.4, 0.5) is 0 Å². The molecule has 1 saturated heterocycles. The van der Waals surface area contributed by atoms with Gasteiger partial charge in [-0.1, -0.05) is 6.07 Å². The van der Waals surface area contributed by atoms with E-state index >= 15 is 0 Å². The van der Waals surface area contributed by atoms with E-state index in [1.165, 1.54) is 19.4 Å². The summed E-state index contributed by atoms with van der Waals surface area (Å²) in [6.07, 6.45) is 8.46. The van der Waals surface area contributed by atoms with Crippen LogP contribution in [0.5, 0.6) is 5.75 Å². The molecule has 0 aliphatic carbocycles. The van der Waals surface area contributed by atoms with Gasteiger partial charge in [0.05, 0.1) is 19.3 Å². The van der Waals surface area contributed by atoms with Gasteiger partial charge in [0, 0.05) is 43.7 Å². The van der Waals surface area contributed by atoms with Gasteiger partial charge in [-0.2, -0.15) is 0 Å². The summed E-state index contributed by atoms with van der Waals surface area (Å²) in [4.78, 5) is 35.5. The number of likely N-dealkylation sites (tertiary alicyclic amines) is 1. The number of ether oxygens (including phenoxy) is 1. The fourth-order valence-electron chi connectivity index (χ4n) is 3.67. The van der Waals surface area contributed by atoms with Crippen LogP contribution in [0.2, 0.25) is 0 Å². The van der Waals surface area contributed by atoms with Crippen LogP contribution in [0.25, 0.3) is 0 Å². The van der Waals surface area contributed by atoms with Gasteiger partial charge in [-0.25, -0.2) is 4.98 Å². The van der Waals surface area contributed by atoms with Crippen molar-refractivity contribution in [1.82, 2.24) is 19.4 Å². The lowest BCUT2D eigenvalue weighted by atomic mass is 9.96. The van der Waals surface area contributed by atoms with Crippen molar-refractivity contribution in [2.45, 2.75) is 25.3 Å². The molecule has 0 aromatic carbocycles. The second-order valence-electron chi connectivity index (χ2n) is 7.00. The Kier molecular flexibility index (Phi) is 5.41. The number of hydrogen-bond acceptors (Lipinski definition) is 6. The van der Waals surface area contributed by atoms with Crippen molar-refractivity contribution in [1.29, 1.82) is 0 Å². The van der Waals surface area contributed by atoms with E-state index in [0.29, 0.717) is 19.6 Å². The van der Waals surface area contributed by atoms with E-state index in [2.05, 4.69) is 14.5 Å². The first-order valence-corrected chi connectivity index (χ1v) is 9.52. The first-order chi connectivity index (χ1) is 14.2. The molecule has 3 aromatic heterocycles. The van der Waals surface area contributed by atoms with Gasteiger partial charge >= 0.3 is 0 Å². The van der Waals surface area contributed by atoms with Crippen LogP contribution in [0.15, 0.2) is 58.3 Å². The van der Waals surface area contributed by atoms with Crippen molar-refractivity contribution >= 4 is 5.91 Å². The molecular formula is C21H22N4O4. The number of pyridine rings is 1. The van der Waals surface area contributed by atoms with E-state index in [1.807, 2.05) is 24.4 Å². The number of nitrogens with zero attached hydrogens (tertiary/aromatic N) is 4. The van der Waals surface area contributed by atoms with Crippen molar-refractivity contribution < 1.29 is 13.9 Å². The molecule has 1 atom stereocenters. The van der Waals surface area contributed by atoms with Crippen molar-refractivity contribution in [3.63, 3.8) is 0 Å². The molecule has 8 heteroatoms. The van der Waals surface area contributed by atoms with Gasteiger partial charge in [0.25, 0.3) is 5.91 Å². The summed E-state index contributed by atoms with van der Waals surface area (Å²) in [6, 6.07) is 7.02. The van der Waals surface area contributed by atoms with E-state index < -0.39 is 0 Å². The summed E-state index contributed by atoms with van der Waals surface area (Å²) in [5.41, 5.74) is 0.581. The molecule has 0 spiro atoms. The summed E-state index contributed by atoms with van der Waals surface area (Å²) >= 11 is 0. The van der Waals surface area contributed by atoms with Gasteiger partial charge in [-0.3, -0.25) is 14.6 Å². The fourth-order valence-corrected chi connectivity index (χ4v) is 3.67. The second kappa shape index (κ2) is 8.30. The molecule has 1 aliphatic heterocycles. The Morgan fingerprint density at radius 1 is 1.31 bits per heavy atom. The van der Waals surface area contributed by atoms with Crippen molar-refractivity contribution in [2.75, 3.05) is 20.2 Å². The van der Waals surface area contributed by atoms with Gasteiger partial charge in [-0.15, -0.1) is 0 Å². The lowest BCUT2D eigenvalue weighted by Gasteiger charge is -2.32. The second-order valence-corrected chi connectivity index (χ2v) is 7.00. The molecule has 1 amide bonds. The zero-order chi connectivity index (χ0) is 20.2. The lowest BCUT2D eigenvalue weighted by molar-refractivity contribution is 0.0667. The highest BCUT2D eigenvalue weighted by Gasteiger charge is 2.29. The summed E-state index contributed by atoms with van der Waals surface area (Å²) in [7, 11) is 1.38. The Morgan fingerprint density at radius 2 is 2.21 bits per heavy atom.